The lowest BCUT2D eigenvalue weighted by molar-refractivity contribution is -0.114. The Morgan fingerprint density at radius 3 is 2.29 bits per heavy atom. The number of rotatable bonds is 7. The first-order chi connectivity index (χ1) is 13.6. The van der Waals surface area contributed by atoms with Crippen LogP contribution in [-0.2, 0) is 11.4 Å². The highest BCUT2D eigenvalue weighted by molar-refractivity contribution is 6.08. The zero-order chi connectivity index (χ0) is 19.8. The molecule has 0 radical (unpaired) electrons. The summed E-state index contributed by atoms with van der Waals surface area (Å²) in [5.41, 5.74) is 3.14. The van der Waals surface area contributed by atoms with Gasteiger partial charge in [0.1, 0.15) is 12.4 Å². The molecule has 0 spiro atoms. The molecular weight excluding hydrogens is 350 g/mol. The quantitative estimate of drug-likeness (QED) is 0.463. The summed E-state index contributed by atoms with van der Waals surface area (Å²) in [5.74, 6) is 0.308. The second-order valence-electron chi connectivity index (χ2n) is 6.27. The van der Waals surface area contributed by atoms with Crippen LogP contribution >= 0.6 is 0 Å². The van der Waals surface area contributed by atoms with Gasteiger partial charge in [0, 0.05) is 12.6 Å². The molecule has 0 aliphatic carbocycles. The summed E-state index contributed by atoms with van der Waals surface area (Å²) in [5, 5.41) is 2.71. The van der Waals surface area contributed by atoms with Crippen LogP contribution in [-0.4, -0.2) is 11.7 Å². The summed E-state index contributed by atoms with van der Waals surface area (Å²) >= 11 is 0. The highest BCUT2D eigenvalue weighted by Gasteiger charge is 2.09. The van der Waals surface area contributed by atoms with E-state index in [2.05, 4.69) is 5.32 Å². The minimum absolute atomic E-state index is 0.120. The van der Waals surface area contributed by atoms with Gasteiger partial charge in [-0.05, 0) is 41.5 Å². The van der Waals surface area contributed by atoms with E-state index in [-0.39, 0.29) is 11.7 Å². The number of allylic oxidation sites excluding steroid dienone is 1. The van der Waals surface area contributed by atoms with Crippen LogP contribution in [0.5, 0.6) is 5.75 Å². The summed E-state index contributed by atoms with van der Waals surface area (Å²) in [6.45, 7) is 1.86. The largest absolute Gasteiger partial charge is 0.488 e. The van der Waals surface area contributed by atoms with Crippen molar-refractivity contribution >= 4 is 23.5 Å². The molecule has 3 aromatic rings. The first-order valence-corrected chi connectivity index (χ1v) is 8.97. The molecule has 4 nitrogen and oxygen atoms in total. The molecule has 1 amide bonds. The Kier molecular flexibility index (Phi) is 6.37. The maximum Gasteiger partial charge on any atom is 0.221 e. The van der Waals surface area contributed by atoms with Gasteiger partial charge in [0.05, 0.1) is 5.56 Å². The summed E-state index contributed by atoms with van der Waals surface area (Å²) in [7, 11) is 0. The second-order valence-corrected chi connectivity index (χ2v) is 6.27. The third kappa shape index (κ3) is 5.42. The molecular formula is C24H21NO3. The topological polar surface area (TPSA) is 55.4 Å². The van der Waals surface area contributed by atoms with Crippen molar-refractivity contribution in [1.29, 1.82) is 0 Å². The van der Waals surface area contributed by atoms with Crippen molar-refractivity contribution in [3.63, 3.8) is 0 Å². The summed E-state index contributed by atoms with van der Waals surface area (Å²) < 4.78 is 5.85. The summed E-state index contributed by atoms with van der Waals surface area (Å²) in [6, 6.07) is 24.3. The molecule has 0 aliphatic heterocycles. The fourth-order valence-corrected chi connectivity index (χ4v) is 2.67. The van der Waals surface area contributed by atoms with Crippen LogP contribution in [0.1, 0.15) is 28.4 Å². The number of anilines is 1. The van der Waals surface area contributed by atoms with Gasteiger partial charge in [-0.25, -0.2) is 0 Å². The molecule has 4 heteroatoms. The van der Waals surface area contributed by atoms with Gasteiger partial charge < -0.3 is 10.1 Å². The zero-order valence-corrected chi connectivity index (χ0v) is 15.6. The van der Waals surface area contributed by atoms with E-state index < -0.39 is 0 Å². The first-order valence-electron chi connectivity index (χ1n) is 8.97. The number of carbonyl (C=O) groups is 2. The van der Waals surface area contributed by atoms with Gasteiger partial charge in [0.15, 0.2) is 5.78 Å². The number of ketones is 1. The smallest absolute Gasteiger partial charge is 0.221 e. The van der Waals surface area contributed by atoms with E-state index in [4.69, 9.17) is 4.74 Å². The van der Waals surface area contributed by atoms with Crippen LogP contribution in [0, 0.1) is 0 Å². The predicted molar refractivity (Wildman–Crippen MR) is 111 cm³/mol. The molecule has 0 atom stereocenters. The molecule has 3 rings (SSSR count). The molecule has 1 N–H and O–H groups in total. The van der Waals surface area contributed by atoms with E-state index in [0.29, 0.717) is 17.9 Å². The molecule has 0 unspecified atom stereocenters. The van der Waals surface area contributed by atoms with Crippen molar-refractivity contribution in [2.24, 2.45) is 0 Å². The number of hydrogen-bond acceptors (Lipinski definition) is 3. The van der Waals surface area contributed by atoms with Gasteiger partial charge in [0.2, 0.25) is 5.91 Å². The highest BCUT2D eigenvalue weighted by atomic mass is 16.5. The van der Waals surface area contributed by atoms with Crippen LogP contribution in [0.2, 0.25) is 0 Å². The Hall–Kier alpha value is -3.66. The van der Waals surface area contributed by atoms with Gasteiger partial charge in [-0.2, -0.15) is 0 Å². The third-order valence-corrected chi connectivity index (χ3v) is 4.05. The minimum Gasteiger partial charge on any atom is -0.488 e. The molecule has 0 saturated carbocycles. The molecule has 0 saturated heterocycles. The van der Waals surface area contributed by atoms with Crippen LogP contribution in [0.3, 0.4) is 0 Å². The van der Waals surface area contributed by atoms with Crippen molar-refractivity contribution in [2.75, 3.05) is 5.32 Å². The Morgan fingerprint density at radius 2 is 1.57 bits per heavy atom. The fraction of sp³-hybridized carbons (Fsp3) is 0.0833. The Bertz CT molecular complexity index is 976. The monoisotopic (exact) mass is 371 g/mol. The standard InChI is InChI=1S/C24H21NO3/c1-18(26)25-21-14-11-19(12-15-21)13-16-23(27)22-9-5-6-10-24(22)28-17-20-7-3-2-4-8-20/h2-16H,17H2,1H3,(H,25,26). The second kappa shape index (κ2) is 9.33. The van der Waals surface area contributed by atoms with Gasteiger partial charge in [-0.1, -0.05) is 60.7 Å². The van der Waals surface area contributed by atoms with Crippen molar-refractivity contribution < 1.29 is 14.3 Å². The third-order valence-electron chi connectivity index (χ3n) is 4.05. The number of amides is 1. The molecule has 0 aromatic heterocycles. The van der Waals surface area contributed by atoms with Crippen LogP contribution in [0.15, 0.2) is 84.9 Å². The summed E-state index contributed by atoms with van der Waals surface area (Å²) in [6.07, 6.45) is 3.27. The molecule has 140 valence electrons. The lowest BCUT2D eigenvalue weighted by Gasteiger charge is -2.09. The van der Waals surface area contributed by atoms with Crippen molar-refractivity contribution in [1.82, 2.24) is 0 Å². The molecule has 28 heavy (non-hydrogen) atoms. The number of carbonyl (C=O) groups excluding carboxylic acids is 2. The van der Waals surface area contributed by atoms with Crippen LogP contribution in [0.25, 0.3) is 6.08 Å². The van der Waals surface area contributed by atoms with E-state index in [1.54, 1.807) is 30.3 Å². The van der Waals surface area contributed by atoms with E-state index in [1.165, 1.54) is 13.0 Å². The van der Waals surface area contributed by atoms with Crippen molar-refractivity contribution in [2.45, 2.75) is 13.5 Å². The maximum atomic E-state index is 12.6. The van der Waals surface area contributed by atoms with Crippen molar-refractivity contribution in [3.8, 4) is 5.75 Å². The van der Waals surface area contributed by atoms with Gasteiger partial charge in [0.25, 0.3) is 0 Å². The molecule has 3 aromatic carbocycles. The first kappa shape index (κ1) is 19.1. The minimum atomic E-state index is -0.130. The lowest BCUT2D eigenvalue weighted by atomic mass is 10.1. The lowest BCUT2D eigenvalue weighted by Crippen LogP contribution is -2.05. The molecule has 0 aliphatic rings. The normalized spacial score (nSPS) is 10.6. The summed E-state index contributed by atoms with van der Waals surface area (Å²) in [4.78, 5) is 23.7. The van der Waals surface area contributed by atoms with E-state index in [0.717, 1.165) is 16.8 Å². The van der Waals surface area contributed by atoms with E-state index in [1.807, 2.05) is 54.6 Å². The highest BCUT2D eigenvalue weighted by Crippen LogP contribution is 2.21. The molecule has 0 heterocycles. The maximum absolute atomic E-state index is 12.6. The Labute approximate surface area is 164 Å². The molecule has 0 fully saturated rings. The Morgan fingerprint density at radius 1 is 0.893 bits per heavy atom. The number of hydrogen-bond donors (Lipinski definition) is 1. The molecule has 0 bridgehead atoms. The van der Waals surface area contributed by atoms with Crippen LogP contribution in [0.4, 0.5) is 5.69 Å². The predicted octanol–water partition coefficient (Wildman–Crippen LogP) is 5.12. The Balaban J connectivity index is 1.68. The van der Waals surface area contributed by atoms with Crippen LogP contribution < -0.4 is 10.1 Å². The number of ether oxygens (including phenoxy) is 1. The van der Waals surface area contributed by atoms with Gasteiger partial charge >= 0.3 is 0 Å². The number of nitrogens with one attached hydrogen (secondary N) is 1. The van der Waals surface area contributed by atoms with E-state index >= 15 is 0 Å². The SMILES string of the molecule is CC(=O)Nc1ccc(C=CC(=O)c2ccccc2OCc2ccccc2)cc1. The number of benzene rings is 3. The fourth-order valence-electron chi connectivity index (χ4n) is 2.67. The van der Waals surface area contributed by atoms with Crippen molar-refractivity contribution in [3.05, 3.63) is 102 Å². The average Bonchev–Trinajstić information content (AvgIpc) is 2.72. The zero-order valence-electron chi connectivity index (χ0n) is 15.6. The number of para-hydroxylation sites is 1. The van der Waals surface area contributed by atoms with Gasteiger partial charge in [-0.15, -0.1) is 0 Å². The van der Waals surface area contributed by atoms with E-state index in [9.17, 15) is 9.59 Å². The average molecular weight is 371 g/mol. The van der Waals surface area contributed by atoms with Gasteiger partial charge in [-0.3, -0.25) is 9.59 Å².